The molecule has 30 heavy (non-hydrogen) atoms. The van der Waals surface area contributed by atoms with E-state index in [1.165, 1.54) is 16.4 Å². The van der Waals surface area contributed by atoms with E-state index in [2.05, 4.69) is 0 Å². The highest BCUT2D eigenvalue weighted by Gasteiger charge is 2.51. The van der Waals surface area contributed by atoms with Gasteiger partial charge < -0.3 is 9.64 Å². The monoisotopic (exact) mass is 432 g/mol. The number of halogens is 1. The number of hydrogen-bond acceptors (Lipinski definition) is 4. The Morgan fingerprint density at radius 3 is 2.20 bits per heavy atom. The summed E-state index contributed by atoms with van der Waals surface area (Å²) in [5, 5.41) is 0. The molecule has 0 N–H and O–H groups in total. The number of amides is 1. The second-order valence-corrected chi connectivity index (χ2v) is 9.86. The fraction of sp³-hybridized carbons (Fsp3) is 0.409. The van der Waals surface area contributed by atoms with E-state index in [0.29, 0.717) is 38.1 Å². The van der Waals surface area contributed by atoms with Crippen LogP contribution in [0.3, 0.4) is 0 Å². The Balaban J connectivity index is 1.52. The molecule has 4 rings (SSSR count). The van der Waals surface area contributed by atoms with Gasteiger partial charge in [-0.3, -0.25) is 4.79 Å². The average molecular weight is 433 g/mol. The minimum absolute atomic E-state index is 0.0440. The van der Waals surface area contributed by atoms with Gasteiger partial charge in [-0.15, -0.1) is 0 Å². The predicted molar refractivity (Wildman–Crippen MR) is 110 cm³/mol. The largest absolute Gasteiger partial charge is 0.358 e. The predicted octanol–water partition coefficient (Wildman–Crippen LogP) is 3.10. The highest BCUT2D eigenvalue weighted by Crippen LogP contribution is 2.38. The first-order chi connectivity index (χ1) is 14.2. The Kier molecular flexibility index (Phi) is 5.42. The molecule has 160 valence electrons. The molecule has 2 saturated heterocycles. The van der Waals surface area contributed by atoms with Crippen molar-refractivity contribution in [3.8, 4) is 0 Å². The molecule has 2 aliphatic rings. The van der Waals surface area contributed by atoms with E-state index in [4.69, 9.17) is 4.74 Å². The average Bonchev–Trinajstić information content (AvgIpc) is 3.11. The lowest BCUT2D eigenvalue weighted by Crippen LogP contribution is -2.55. The van der Waals surface area contributed by atoms with Gasteiger partial charge >= 0.3 is 0 Å². The number of likely N-dealkylation sites (tertiary alicyclic amines) is 1. The van der Waals surface area contributed by atoms with E-state index in [0.717, 1.165) is 23.3 Å². The van der Waals surface area contributed by atoms with Crippen LogP contribution in [0.25, 0.3) is 0 Å². The number of aryl methyl sites for hydroxylation is 2. The molecule has 0 aliphatic carbocycles. The minimum Gasteiger partial charge on any atom is -0.358 e. The number of hydrogen-bond donors (Lipinski definition) is 0. The molecule has 0 aromatic heterocycles. The third kappa shape index (κ3) is 3.75. The Morgan fingerprint density at radius 1 is 1.00 bits per heavy atom. The number of sulfonamides is 1. The number of carbonyl (C=O) groups excluding carboxylic acids is 1. The number of benzene rings is 2. The number of ether oxygens (including phenoxy) is 1. The number of rotatable bonds is 3. The van der Waals surface area contributed by atoms with Gasteiger partial charge in [0.2, 0.25) is 10.0 Å². The highest BCUT2D eigenvalue weighted by molar-refractivity contribution is 7.89. The van der Waals surface area contributed by atoms with Crippen LogP contribution in [-0.4, -0.2) is 55.5 Å². The summed E-state index contributed by atoms with van der Waals surface area (Å²) in [6.45, 7) is 5.26. The van der Waals surface area contributed by atoms with Crippen molar-refractivity contribution in [2.24, 2.45) is 0 Å². The van der Waals surface area contributed by atoms with Crippen molar-refractivity contribution in [3.05, 3.63) is 65.0 Å². The molecule has 1 amide bonds. The first-order valence-corrected chi connectivity index (χ1v) is 11.5. The lowest BCUT2D eigenvalue weighted by Gasteiger charge is -2.42. The Hall–Kier alpha value is -2.29. The van der Waals surface area contributed by atoms with Crippen LogP contribution < -0.4 is 0 Å². The van der Waals surface area contributed by atoms with Crippen LogP contribution in [0.1, 0.15) is 34.3 Å². The van der Waals surface area contributed by atoms with E-state index in [-0.39, 0.29) is 17.3 Å². The fourth-order valence-corrected chi connectivity index (χ4v) is 6.12. The molecule has 8 heteroatoms. The van der Waals surface area contributed by atoms with Gasteiger partial charge in [-0.1, -0.05) is 17.2 Å². The standard InChI is InChI=1S/C22H25FN2O4S/c1-16-13-17(2)15-18(14-16)21(26)24-9-7-22(8-10-24)25(11-12-29-22)30(27,28)20-5-3-19(23)4-6-20/h3-6,13-15H,7-12H2,1-2H3. The molecular weight excluding hydrogens is 407 g/mol. The molecule has 0 unspecified atom stereocenters. The first-order valence-electron chi connectivity index (χ1n) is 10.0. The molecule has 2 aliphatic heterocycles. The van der Waals surface area contributed by atoms with E-state index < -0.39 is 21.6 Å². The normalized spacial score (nSPS) is 19.4. The van der Waals surface area contributed by atoms with Crippen molar-refractivity contribution in [2.75, 3.05) is 26.2 Å². The van der Waals surface area contributed by atoms with Crippen molar-refractivity contribution in [1.82, 2.24) is 9.21 Å². The summed E-state index contributed by atoms with van der Waals surface area (Å²) in [5.41, 5.74) is 1.74. The molecule has 1 spiro atoms. The van der Waals surface area contributed by atoms with Crippen molar-refractivity contribution in [3.63, 3.8) is 0 Å². The summed E-state index contributed by atoms with van der Waals surface area (Å²) in [5.74, 6) is -0.540. The molecule has 0 atom stereocenters. The fourth-order valence-electron chi connectivity index (χ4n) is 4.40. The van der Waals surface area contributed by atoms with Gasteiger partial charge in [0, 0.05) is 38.0 Å². The van der Waals surface area contributed by atoms with E-state index in [1.54, 1.807) is 4.90 Å². The van der Waals surface area contributed by atoms with Crippen LogP contribution in [0.5, 0.6) is 0 Å². The molecular formula is C22H25FN2O4S. The number of nitrogens with zero attached hydrogens (tertiary/aromatic N) is 2. The summed E-state index contributed by atoms with van der Waals surface area (Å²) in [7, 11) is -3.83. The number of carbonyl (C=O) groups is 1. The van der Waals surface area contributed by atoms with Gasteiger partial charge in [0.1, 0.15) is 11.5 Å². The molecule has 0 bridgehead atoms. The van der Waals surface area contributed by atoms with Crippen molar-refractivity contribution >= 4 is 15.9 Å². The van der Waals surface area contributed by atoms with Crippen LogP contribution in [0.4, 0.5) is 4.39 Å². The smallest absolute Gasteiger partial charge is 0.253 e. The topological polar surface area (TPSA) is 66.9 Å². The SMILES string of the molecule is Cc1cc(C)cc(C(=O)N2CCC3(CC2)OCCN3S(=O)(=O)c2ccc(F)cc2)c1. The molecule has 2 aromatic carbocycles. The van der Waals surface area contributed by atoms with E-state index in [1.807, 2.05) is 32.0 Å². The first kappa shape index (κ1) is 21.0. The van der Waals surface area contributed by atoms with Crippen molar-refractivity contribution in [1.29, 1.82) is 0 Å². The van der Waals surface area contributed by atoms with Crippen LogP contribution in [0, 0.1) is 19.7 Å². The summed E-state index contributed by atoms with van der Waals surface area (Å²) in [4.78, 5) is 14.8. The molecule has 0 radical (unpaired) electrons. The van der Waals surface area contributed by atoms with Gasteiger partial charge in [-0.05, 0) is 50.2 Å². The zero-order chi connectivity index (χ0) is 21.5. The Morgan fingerprint density at radius 2 is 1.60 bits per heavy atom. The van der Waals surface area contributed by atoms with Crippen LogP contribution in [0.2, 0.25) is 0 Å². The molecule has 0 saturated carbocycles. The van der Waals surface area contributed by atoms with E-state index in [9.17, 15) is 17.6 Å². The summed E-state index contributed by atoms with van der Waals surface area (Å²) in [6, 6.07) is 10.6. The van der Waals surface area contributed by atoms with E-state index >= 15 is 0 Å². The number of piperidine rings is 1. The zero-order valence-electron chi connectivity index (χ0n) is 17.1. The van der Waals surface area contributed by atoms with Gasteiger partial charge in [-0.2, -0.15) is 4.31 Å². The summed E-state index contributed by atoms with van der Waals surface area (Å²) < 4.78 is 46.9. The van der Waals surface area contributed by atoms with Gasteiger partial charge in [0.15, 0.2) is 0 Å². The zero-order valence-corrected chi connectivity index (χ0v) is 17.9. The quantitative estimate of drug-likeness (QED) is 0.748. The third-order valence-corrected chi connectivity index (χ3v) is 7.79. The van der Waals surface area contributed by atoms with Crippen molar-refractivity contribution in [2.45, 2.75) is 37.3 Å². The Labute approximate surface area is 176 Å². The molecule has 2 fully saturated rings. The lowest BCUT2D eigenvalue weighted by molar-refractivity contribution is -0.0857. The maximum absolute atomic E-state index is 13.2. The summed E-state index contributed by atoms with van der Waals surface area (Å²) >= 11 is 0. The van der Waals surface area contributed by atoms with Gasteiger partial charge in [0.05, 0.1) is 11.5 Å². The second-order valence-electron chi connectivity index (χ2n) is 7.99. The molecule has 2 heterocycles. The summed E-state index contributed by atoms with van der Waals surface area (Å²) in [6.07, 6.45) is 0.786. The van der Waals surface area contributed by atoms with Crippen LogP contribution in [0.15, 0.2) is 47.4 Å². The minimum atomic E-state index is -3.83. The van der Waals surface area contributed by atoms with Crippen molar-refractivity contribution < 1.29 is 22.3 Å². The second kappa shape index (κ2) is 7.76. The molecule has 2 aromatic rings. The maximum Gasteiger partial charge on any atom is 0.253 e. The van der Waals surface area contributed by atoms with Gasteiger partial charge in [0.25, 0.3) is 5.91 Å². The third-order valence-electron chi connectivity index (χ3n) is 5.82. The highest BCUT2D eigenvalue weighted by atomic mass is 32.2. The van der Waals surface area contributed by atoms with Crippen LogP contribution >= 0.6 is 0 Å². The molecule has 6 nitrogen and oxygen atoms in total. The maximum atomic E-state index is 13.2. The van der Waals surface area contributed by atoms with Gasteiger partial charge in [-0.25, -0.2) is 12.8 Å². The lowest BCUT2D eigenvalue weighted by atomic mass is 9.99. The van der Waals surface area contributed by atoms with Crippen LogP contribution in [-0.2, 0) is 14.8 Å². The Bertz CT molecular complexity index is 1040.